The number of ether oxygens (including phenoxy) is 1. The van der Waals surface area contributed by atoms with Crippen molar-refractivity contribution in [2.24, 2.45) is 0 Å². The molecule has 6 nitrogen and oxygen atoms in total. The van der Waals surface area contributed by atoms with Crippen molar-refractivity contribution in [2.45, 2.75) is 4.90 Å². The number of carbonyl (C=O) groups is 2. The number of hydrogen-bond donors (Lipinski definition) is 2. The average molecular weight is 425 g/mol. The zero-order chi connectivity index (χ0) is 20.8. The monoisotopic (exact) mass is 424 g/mol. The van der Waals surface area contributed by atoms with E-state index in [9.17, 15) is 9.59 Å². The molecule has 0 aromatic heterocycles. The van der Waals surface area contributed by atoms with Gasteiger partial charge in [-0.1, -0.05) is 54.2 Å². The van der Waals surface area contributed by atoms with Gasteiger partial charge in [-0.15, -0.1) is 0 Å². The molecule has 0 unspecified atom stereocenters. The highest BCUT2D eigenvalue weighted by Crippen LogP contribution is 2.41. The fourth-order valence-electron chi connectivity index (χ4n) is 3.61. The van der Waals surface area contributed by atoms with E-state index in [1.165, 1.54) is 16.7 Å². The first-order chi connectivity index (χ1) is 14.7. The zero-order valence-electron chi connectivity index (χ0n) is 16.8. The lowest BCUT2D eigenvalue weighted by atomic mass is 10.2. The highest BCUT2D eigenvalue weighted by molar-refractivity contribution is 8.04. The fraction of sp³-hybridized carbons (Fsp3) is 0.304. The number of amides is 2. The predicted molar refractivity (Wildman–Crippen MR) is 118 cm³/mol. The molecule has 2 N–H and O–H groups in total. The maximum absolute atomic E-state index is 13.2. The van der Waals surface area contributed by atoms with E-state index in [0.717, 1.165) is 49.0 Å². The Hall–Kier alpha value is -2.61. The van der Waals surface area contributed by atoms with E-state index in [2.05, 4.69) is 5.32 Å². The third-order valence-electron chi connectivity index (χ3n) is 5.23. The second kappa shape index (κ2) is 9.93. The number of anilines is 1. The zero-order valence-corrected chi connectivity index (χ0v) is 17.6. The highest BCUT2D eigenvalue weighted by Gasteiger charge is 2.30. The van der Waals surface area contributed by atoms with Crippen molar-refractivity contribution in [3.05, 3.63) is 65.1 Å². The van der Waals surface area contributed by atoms with Crippen molar-refractivity contribution < 1.29 is 19.2 Å². The first-order valence-corrected chi connectivity index (χ1v) is 11.1. The molecule has 1 saturated heterocycles. The van der Waals surface area contributed by atoms with Gasteiger partial charge in [-0.25, -0.2) is 0 Å². The molecule has 2 aliphatic rings. The normalized spacial score (nSPS) is 18.3. The number of rotatable bonds is 6. The molecule has 2 aromatic carbocycles. The van der Waals surface area contributed by atoms with Crippen molar-refractivity contribution in [2.75, 3.05) is 50.8 Å². The molecule has 2 aliphatic heterocycles. The van der Waals surface area contributed by atoms with Crippen LogP contribution in [0.25, 0.3) is 6.08 Å². The molecule has 0 spiro atoms. The maximum Gasteiger partial charge on any atom is 0.265 e. The number of fused-ring (bicyclic) bond motifs is 1. The number of nitrogens with zero attached hydrogens (tertiary/aromatic N) is 1. The summed E-state index contributed by atoms with van der Waals surface area (Å²) in [6, 6.07) is 17.5. The van der Waals surface area contributed by atoms with Crippen LogP contribution in [0.4, 0.5) is 5.69 Å². The largest absolute Gasteiger partial charge is 0.370 e. The van der Waals surface area contributed by atoms with E-state index in [-0.39, 0.29) is 18.4 Å². The number of benzene rings is 2. The maximum atomic E-state index is 13.2. The van der Waals surface area contributed by atoms with Gasteiger partial charge in [0, 0.05) is 4.90 Å². The van der Waals surface area contributed by atoms with Crippen LogP contribution in [-0.2, 0) is 14.3 Å². The predicted octanol–water partition coefficient (Wildman–Crippen LogP) is 1.20. The third-order valence-corrected chi connectivity index (χ3v) is 6.31. The van der Waals surface area contributed by atoms with E-state index >= 15 is 0 Å². The second-order valence-electron chi connectivity index (χ2n) is 7.34. The van der Waals surface area contributed by atoms with Gasteiger partial charge in [0.05, 0.1) is 36.9 Å². The minimum Gasteiger partial charge on any atom is -0.370 e. The molecule has 2 amide bonds. The molecular weight excluding hydrogens is 398 g/mol. The Bertz CT molecular complexity index is 926. The van der Waals surface area contributed by atoms with E-state index in [1.807, 2.05) is 60.7 Å². The Balaban J connectivity index is 1.44. The molecule has 7 heteroatoms. The molecule has 0 saturated carbocycles. The van der Waals surface area contributed by atoms with Gasteiger partial charge in [-0.3, -0.25) is 14.5 Å². The van der Waals surface area contributed by atoms with Crippen molar-refractivity contribution in [1.82, 2.24) is 5.32 Å². The minimum atomic E-state index is -0.142. The van der Waals surface area contributed by atoms with Crippen LogP contribution in [0.15, 0.2) is 64.4 Å². The number of nitrogens with one attached hydrogen (secondary N) is 2. The van der Waals surface area contributed by atoms with E-state index < -0.39 is 0 Å². The summed E-state index contributed by atoms with van der Waals surface area (Å²) in [5, 5.41) is 2.97. The number of quaternary nitrogens is 1. The average Bonchev–Trinajstić information content (AvgIpc) is 2.78. The van der Waals surface area contributed by atoms with Crippen LogP contribution >= 0.6 is 11.8 Å². The van der Waals surface area contributed by atoms with Gasteiger partial charge in [0.15, 0.2) is 0 Å². The fourth-order valence-corrected chi connectivity index (χ4v) is 4.67. The van der Waals surface area contributed by atoms with Gasteiger partial charge < -0.3 is 15.0 Å². The van der Waals surface area contributed by atoms with Crippen LogP contribution in [0.5, 0.6) is 0 Å². The van der Waals surface area contributed by atoms with Crippen LogP contribution in [-0.4, -0.2) is 57.8 Å². The summed E-state index contributed by atoms with van der Waals surface area (Å²) in [7, 11) is 0. The van der Waals surface area contributed by atoms with Gasteiger partial charge in [-0.05, 0) is 23.8 Å². The summed E-state index contributed by atoms with van der Waals surface area (Å²) in [6.07, 6.45) is 1.88. The summed E-state index contributed by atoms with van der Waals surface area (Å²) in [5.41, 5.74) is 1.75. The van der Waals surface area contributed by atoms with E-state index in [1.54, 1.807) is 4.90 Å². The van der Waals surface area contributed by atoms with Crippen molar-refractivity contribution in [3.8, 4) is 0 Å². The Kier molecular flexibility index (Phi) is 6.84. The number of hydrogen-bond acceptors (Lipinski definition) is 4. The van der Waals surface area contributed by atoms with Gasteiger partial charge in [0.1, 0.15) is 19.6 Å². The molecule has 0 bridgehead atoms. The smallest absolute Gasteiger partial charge is 0.265 e. The molecule has 156 valence electrons. The lowest BCUT2D eigenvalue weighted by Crippen LogP contribution is -3.14. The number of carbonyl (C=O) groups excluding carboxylic acids is 2. The van der Waals surface area contributed by atoms with Crippen molar-refractivity contribution in [1.29, 1.82) is 0 Å². The summed E-state index contributed by atoms with van der Waals surface area (Å²) in [5.74, 6) is -0.284. The van der Waals surface area contributed by atoms with E-state index in [4.69, 9.17) is 4.74 Å². The van der Waals surface area contributed by atoms with Crippen LogP contribution in [0.2, 0.25) is 0 Å². The van der Waals surface area contributed by atoms with Gasteiger partial charge in [0.25, 0.3) is 5.91 Å². The molecule has 4 rings (SSSR count). The summed E-state index contributed by atoms with van der Waals surface area (Å²) in [4.78, 5) is 30.4. The summed E-state index contributed by atoms with van der Waals surface area (Å²) < 4.78 is 5.37. The third kappa shape index (κ3) is 5.11. The molecule has 2 heterocycles. The number of morpholine rings is 1. The quantitative estimate of drug-likeness (QED) is 0.684. The molecule has 0 atom stereocenters. The molecular formula is C23H26N3O3S+. The van der Waals surface area contributed by atoms with Crippen LogP contribution in [0.1, 0.15) is 5.56 Å². The van der Waals surface area contributed by atoms with Crippen LogP contribution in [0, 0.1) is 0 Å². The summed E-state index contributed by atoms with van der Waals surface area (Å²) in [6.45, 7) is 4.97. The van der Waals surface area contributed by atoms with Gasteiger partial charge >= 0.3 is 0 Å². The van der Waals surface area contributed by atoms with E-state index in [0.29, 0.717) is 11.4 Å². The first-order valence-electron chi connectivity index (χ1n) is 10.2. The molecule has 30 heavy (non-hydrogen) atoms. The topological polar surface area (TPSA) is 63.1 Å². The molecule has 0 aliphatic carbocycles. The summed E-state index contributed by atoms with van der Waals surface area (Å²) >= 11 is 1.45. The van der Waals surface area contributed by atoms with Crippen LogP contribution < -0.4 is 15.1 Å². The van der Waals surface area contributed by atoms with Crippen molar-refractivity contribution in [3.63, 3.8) is 0 Å². The SMILES string of the molecule is O=C(CN1C(=O)C(=Cc2ccccc2)Sc2ccccc21)NCC[NH+]1CCOCC1. The Morgan fingerprint density at radius 1 is 1.10 bits per heavy atom. The molecule has 2 aromatic rings. The lowest BCUT2D eigenvalue weighted by Gasteiger charge is -2.30. The lowest BCUT2D eigenvalue weighted by molar-refractivity contribution is -0.906. The van der Waals surface area contributed by atoms with Crippen molar-refractivity contribution >= 4 is 35.3 Å². The first kappa shape index (κ1) is 20.7. The molecule has 0 radical (unpaired) electrons. The molecule has 1 fully saturated rings. The van der Waals surface area contributed by atoms with Gasteiger partial charge in [-0.2, -0.15) is 0 Å². The Morgan fingerprint density at radius 2 is 1.83 bits per heavy atom. The standard InChI is InChI=1S/C23H25N3O3S/c27-22(24-10-11-25-12-14-29-15-13-25)17-26-19-8-4-5-9-20(19)30-21(23(26)28)16-18-6-2-1-3-7-18/h1-9,16H,10-15,17H2,(H,24,27)/p+1. The Morgan fingerprint density at radius 3 is 2.63 bits per heavy atom. The highest BCUT2D eigenvalue weighted by atomic mass is 32.2. The minimum absolute atomic E-state index is 0.0149. The number of thioether (sulfide) groups is 1. The van der Waals surface area contributed by atoms with Gasteiger partial charge in [0.2, 0.25) is 5.91 Å². The Labute approximate surface area is 180 Å². The number of para-hydroxylation sites is 1. The van der Waals surface area contributed by atoms with Crippen LogP contribution in [0.3, 0.4) is 0 Å². The second-order valence-corrected chi connectivity index (χ2v) is 8.43.